The van der Waals surface area contributed by atoms with Crippen molar-refractivity contribution in [3.05, 3.63) is 80.9 Å². The standard InChI is InChI=1S/C21H24N4O3/c1-23(2)12-13-24(14-16-8-4-3-5-9-16)19(26)15-25-21(28)18-11-7-6-10-17(18)20(27)22-25/h3-11H,12-15H2,1-2H3,(H,22,27). The molecule has 3 rings (SSSR count). The van der Waals surface area contributed by atoms with E-state index in [0.29, 0.717) is 30.4 Å². The zero-order chi connectivity index (χ0) is 20.1. The SMILES string of the molecule is CN(C)CCN(Cc1ccccc1)C(=O)Cn1[nH]c(=O)c2ccccc2c1=O. The number of fused-ring (bicyclic) bond motifs is 1. The molecule has 0 atom stereocenters. The molecular weight excluding hydrogens is 356 g/mol. The van der Waals surface area contributed by atoms with Crippen LogP contribution in [-0.2, 0) is 17.9 Å². The Bertz CT molecular complexity index is 1070. The minimum Gasteiger partial charge on any atom is -0.335 e. The van der Waals surface area contributed by atoms with Crippen molar-refractivity contribution in [2.45, 2.75) is 13.1 Å². The first kappa shape index (κ1) is 19.6. The summed E-state index contributed by atoms with van der Waals surface area (Å²) in [6.07, 6.45) is 0. The smallest absolute Gasteiger partial charge is 0.273 e. The van der Waals surface area contributed by atoms with E-state index in [1.165, 1.54) is 0 Å². The number of hydrogen-bond acceptors (Lipinski definition) is 4. The number of carbonyl (C=O) groups is 1. The summed E-state index contributed by atoms with van der Waals surface area (Å²) in [5.41, 5.74) is 0.246. The first-order chi connectivity index (χ1) is 13.5. The number of H-pyrrole nitrogens is 1. The molecule has 1 N–H and O–H groups in total. The lowest BCUT2D eigenvalue weighted by Gasteiger charge is -2.25. The quantitative estimate of drug-likeness (QED) is 0.670. The van der Waals surface area contributed by atoms with Crippen LogP contribution in [0.15, 0.2) is 64.2 Å². The van der Waals surface area contributed by atoms with Gasteiger partial charge in [-0.15, -0.1) is 0 Å². The van der Waals surface area contributed by atoms with Crippen molar-refractivity contribution in [2.75, 3.05) is 27.2 Å². The molecule has 0 radical (unpaired) electrons. The van der Waals surface area contributed by atoms with Gasteiger partial charge < -0.3 is 9.80 Å². The van der Waals surface area contributed by atoms with E-state index in [0.717, 1.165) is 10.2 Å². The minimum atomic E-state index is -0.383. The van der Waals surface area contributed by atoms with Gasteiger partial charge in [-0.05, 0) is 31.8 Å². The van der Waals surface area contributed by atoms with Crippen LogP contribution < -0.4 is 11.1 Å². The van der Waals surface area contributed by atoms with Crippen LogP contribution in [0.4, 0.5) is 0 Å². The molecule has 0 bridgehead atoms. The number of hydrogen-bond donors (Lipinski definition) is 1. The highest BCUT2D eigenvalue weighted by Crippen LogP contribution is 2.06. The first-order valence-corrected chi connectivity index (χ1v) is 9.14. The van der Waals surface area contributed by atoms with Gasteiger partial charge in [-0.1, -0.05) is 42.5 Å². The van der Waals surface area contributed by atoms with E-state index >= 15 is 0 Å². The average molecular weight is 380 g/mol. The van der Waals surface area contributed by atoms with Gasteiger partial charge in [0.15, 0.2) is 0 Å². The first-order valence-electron chi connectivity index (χ1n) is 9.14. The molecule has 0 aliphatic rings. The van der Waals surface area contributed by atoms with Gasteiger partial charge in [0, 0.05) is 19.6 Å². The van der Waals surface area contributed by atoms with E-state index in [-0.39, 0.29) is 23.6 Å². The van der Waals surface area contributed by atoms with Crippen molar-refractivity contribution in [1.29, 1.82) is 0 Å². The summed E-state index contributed by atoms with van der Waals surface area (Å²) in [5.74, 6) is -0.223. The van der Waals surface area contributed by atoms with Crippen molar-refractivity contribution in [3.63, 3.8) is 0 Å². The van der Waals surface area contributed by atoms with E-state index in [4.69, 9.17) is 0 Å². The predicted octanol–water partition coefficient (Wildman–Crippen LogP) is 1.28. The number of likely N-dealkylation sites (N-methyl/N-ethyl adjacent to an activating group) is 1. The lowest BCUT2D eigenvalue weighted by atomic mass is 10.2. The van der Waals surface area contributed by atoms with Gasteiger partial charge in [0.2, 0.25) is 5.91 Å². The predicted molar refractivity (Wildman–Crippen MR) is 109 cm³/mol. The zero-order valence-corrected chi connectivity index (χ0v) is 16.1. The Balaban J connectivity index is 1.87. The van der Waals surface area contributed by atoms with Gasteiger partial charge in [0.1, 0.15) is 6.54 Å². The fraction of sp³-hybridized carbons (Fsp3) is 0.286. The Hall–Kier alpha value is -3.19. The van der Waals surface area contributed by atoms with Crippen LogP contribution in [0, 0.1) is 0 Å². The van der Waals surface area contributed by atoms with E-state index < -0.39 is 0 Å². The number of aromatic nitrogens is 2. The fourth-order valence-corrected chi connectivity index (χ4v) is 3.01. The van der Waals surface area contributed by atoms with Crippen molar-refractivity contribution in [3.8, 4) is 0 Å². The topological polar surface area (TPSA) is 78.4 Å². The van der Waals surface area contributed by atoms with Gasteiger partial charge in [-0.3, -0.25) is 19.5 Å². The molecule has 0 fully saturated rings. The summed E-state index contributed by atoms with van der Waals surface area (Å²) < 4.78 is 1.10. The Labute approximate surface area is 162 Å². The highest BCUT2D eigenvalue weighted by Gasteiger charge is 2.17. The number of aromatic amines is 1. The fourth-order valence-electron chi connectivity index (χ4n) is 3.01. The van der Waals surface area contributed by atoms with Crippen LogP contribution in [0.1, 0.15) is 5.56 Å². The van der Waals surface area contributed by atoms with Gasteiger partial charge in [-0.2, -0.15) is 0 Å². The summed E-state index contributed by atoms with van der Waals surface area (Å²) in [5, 5.41) is 3.16. The Morgan fingerprint density at radius 1 is 0.929 bits per heavy atom. The summed E-state index contributed by atoms with van der Waals surface area (Å²) in [7, 11) is 3.88. The molecule has 0 saturated heterocycles. The van der Waals surface area contributed by atoms with E-state index in [9.17, 15) is 14.4 Å². The maximum absolute atomic E-state index is 13.0. The second-order valence-corrected chi connectivity index (χ2v) is 6.98. The highest BCUT2D eigenvalue weighted by molar-refractivity contribution is 5.81. The van der Waals surface area contributed by atoms with Crippen LogP contribution in [0.5, 0.6) is 0 Å². The second-order valence-electron chi connectivity index (χ2n) is 6.98. The van der Waals surface area contributed by atoms with Crippen molar-refractivity contribution in [2.24, 2.45) is 0 Å². The average Bonchev–Trinajstić information content (AvgIpc) is 2.69. The number of carbonyl (C=O) groups excluding carboxylic acids is 1. The number of amides is 1. The molecule has 28 heavy (non-hydrogen) atoms. The third-order valence-corrected chi connectivity index (χ3v) is 4.56. The van der Waals surface area contributed by atoms with Crippen LogP contribution >= 0.6 is 0 Å². The van der Waals surface area contributed by atoms with Crippen LogP contribution in [0.2, 0.25) is 0 Å². The summed E-state index contributed by atoms with van der Waals surface area (Å²) >= 11 is 0. The maximum atomic E-state index is 13.0. The van der Waals surface area contributed by atoms with Crippen molar-refractivity contribution >= 4 is 16.7 Å². The van der Waals surface area contributed by atoms with E-state index in [1.807, 2.05) is 49.3 Å². The van der Waals surface area contributed by atoms with Gasteiger partial charge >= 0.3 is 0 Å². The van der Waals surface area contributed by atoms with Crippen molar-refractivity contribution in [1.82, 2.24) is 19.6 Å². The molecule has 0 saturated carbocycles. The second kappa shape index (κ2) is 8.67. The molecule has 7 nitrogen and oxygen atoms in total. The number of nitrogens with one attached hydrogen (secondary N) is 1. The third kappa shape index (κ3) is 4.55. The molecule has 1 heterocycles. The van der Waals surface area contributed by atoms with Crippen LogP contribution in [0.3, 0.4) is 0 Å². The molecule has 0 unspecified atom stereocenters. The van der Waals surface area contributed by atoms with Gasteiger partial charge in [0.25, 0.3) is 11.1 Å². The Kier molecular flexibility index (Phi) is 6.06. The third-order valence-electron chi connectivity index (χ3n) is 4.56. The van der Waals surface area contributed by atoms with Gasteiger partial charge in [0.05, 0.1) is 10.8 Å². The molecule has 146 valence electrons. The van der Waals surface area contributed by atoms with Gasteiger partial charge in [-0.25, -0.2) is 4.68 Å². The largest absolute Gasteiger partial charge is 0.335 e. The number of rotatable bonds is 7. The molecule has 7 heteroatoms. The lowest BCUT2D eigenvalue weighted by Crippen LogP contribution is -2.41. The minimum absolute atomic E-state index is 0.209. The van der Waals surface area contributed by atoms with Crippen LogP contribution in [-0.4, -0.2) is 52.7 Å². The van der Waals surface area contributed by atoms with Crippen molar-refractivity contribution < 1.29 is 4.79 Å². The zero-order valence-electron chi connectivity index (χ0n) is 16.1. The summed E-state index contributed by atoms with van der Waals surface area (Å²) in [4.78, 5) is 41.6. The normalized spacial score (nSPS) is 11.1. The lowest BCUT2D eigenvalue weighted by molar-refractivity contribution is -0.132. The molecule has 0 spiro atoms. The number of nitrogens with zero attached hydrogens (tertiary/aromatic N) is 3. The molecule has 0 aliphatic heterocycles. The maximum Gasteiger partial charge on any atom is 0.273 e. The van der Waals surface area contributed by atoms with E-state index in [2.05, 4.69) is 5.10 Å². The molecular formula is C21H24N4O3. The molecule has 3 aromatic rings. The Morgan fingerprint density at radius 2 is 1.57 bits per heavy atom. The molecule has 2 aromatic carbocycles. The molecule has 0 aliphatic carbocycles. The summed E-state index contributed by atoms with van der Waals surface area (Å²) in [6.45, 7) is 1.45. The Morgan fingerprint density at radius 3 is 2.25 bits per heavy atom. The van der Waals surface area contributed by atoms with E-state index in [1.54, 1.807) is 29.2 Å². The number of benzene rings is 2. The molecule has 1 aromatic heterocycles. The summed E-state index contributed by atoms with van der Waals surface area (Å²) in [6, 6.07) is 16.3. The molecule has 1 amide bonds. The van der Waals surface area contributed by atoms with Crippen LogP contribution in [0.25, 0.3) is 10.8 Å². The monoisotopic (exact) mass is 380 g/mol. The highest BCUT2D eigenvalue weighted by atomic mass is 16.2.